The van der Waals surface area contributed by atoms with Gasteiger partial charge in [0, 0.05) is 25.7 Å². The average Bonchev–Trinajstić information content (AvgIpc) is 2.79. The zero-order chi connectivity index (χ0) is 22.1. The number of nitrogens with zero attached hydrogens (tertiary/aromatic N) is 1. The van der Waals surface area contributed by atoms with Crippen LogP contribution in [-0.4, -0.2) is 50.8 Å². The molecule has 1 aliphatic rings. The largest absolute Gasteiger partial charge is 0.497 e. The van der Waals surface area contributed by atoms with E-state index in [1.165, 1.54) is 5.56 Å². The minimum Gasteiger partial charge on any atom is -0.497 e. The number of hydrogen-bond acceptors (Lipinski definition) is 5. The van der Waals surface area contributed by atoms with Gasteiger partial charge >= 0.3 is 0 Å². The van der Waals surface area contributed by atoms with E-state index in [9.17, 15) is 4.79 Å². The predicted molar refractivity (Wildman–Crippen MR) is 123 cm³/mol. The Morgan fingerprint density at radius 2 is 1.90 bits per heavy atom. The summed E-state index contributed by atoms with van der Waals surface area (Å²) in [7, 11) is 3.28. The summed E-state index contributed by atoms with van der Waals surface area (Å²) in [5.41, 5.74) is 2.27. The van der Waals surface area contributed by atoms with Gasteiger partial charge in [0.05, 0.1) is 14.2 Å². The van der Waals surface area contributed by atoms with Gasteiger partial charge in [0.2, 0.25) is 0 Å². The van der Waals surface area contributed by atoms with E-state index in [2.05, 4.69) is 22.3 Å². The molecule has 0 atom stereocenters. The molecule has 1 aliphatic heterocycles. The molecule has 31 heavy (non-hydrogen) atoms. The van der Waals surface area contributed by atoms with E-state index in [4.69, 9.17) is 14.2 Å². The average molecular weight is 425 g/mol. The minimum absolute atomic E-state index is 0.0245. The summed E-state index contributed by atoms with van der Waals surface area (Å²) in [6.45, 7) is 4.73. The van der Waals surface area contributed by atoms with E-state index in [-0.39, 0.29) is 18.6 Å². The zero-order valence-electron chi connectivity index (χ0n) is 18.6. The van der Waals surface area contributed by atoms with Gasteiger partial charge < -0.3 is 19.5 Å². The van der Waals surface area contributed by atoms with Crippen LogP contribution in [-0.2, 0) is 11.3 Å². The Morgan fingerprint density at radius 1 is 1.10 bits per heavy atom. The number of rotatable bonds is 9. The number of carbonyl (C=O) groups is 1. The molecule has 1 heterocycles. The molecule has 3 rings (SSSR count). The second-order valence-corrected chi connectivity index (χ2v) is 7.67. The van der Waals surface area contributed by atoms with Gasteiger partial charge in [-0.25, -0.2) is 0 Å². The van der Waals surface area contributed by atoms with Crippen LogP contribution in [0.1, 0.15) is 30.9 Å². The van der Waals surface area contributed by atoms with Crippen LogP contribution >= 0.6 is 0 Å². The maximum atomic E-state index is 12.4. The second kappa shape index (κ2) is 11.4. The van der Waals surface area contributed by atoms with Gasteiger partial charge in [0.15, 0.2) is 18.1 Å². The first-order valence-corrected chi connectivity index (χ1v) is 10.7. The number of piperidine rings is 1. The van der Waals surface area contributed by atoms with Crippen LogP contribution in [0.5, 0.6) is 17.2 Å². The van der Waals surface area contributed by atoms with Crippen LogP contribution in [0.25, 0.3) is 6.08 Å². The lowest BCUT2D eigenvalue weighted by Gasteiger charge is -2.32. The molecule has 6 nitrogen and oxygen atoms in total. The van der Waals surface area contributed by atoms with Crippen LogP contribution in [0.2, 0.25) is 0 Å². The van der Waals surface area contributed by atoms with Gasteiger partial charge in [-0.2, -0.15) is 0 Å². The summed E-state index contributed by atoms with van der Waals surface area (Å²) in [5.74, 6) is 1.96. The van der Waals surface area contributed by atoms with Crippen LogP contribution in [0.15, 0.2) is 48.5 Å². The predicted octanol–water partition coefficient (Wildman–Crippen LogP) is 3.90. The van der Waals surface area contributed by atoms with E-state index in [0.717, 1.165) is 43.8 Å². The van der Waals surface area contributed by atoms with E-state index in [0.29, 0.717) is 11.5 Å². The molecule has 0 unspecified atom stereocenters. The molecule has 2 aromatic carbocycles. The minimum atomic E-state index is -0.106. The monoisotopic (exact) mass is 424 g/mol. The first-order chi connectivity index (χ1) is 15.1. The van der Waals surface area contributed by atoms with Crippen molar-refractivity contribution in [1.29, 1.82) is 0 Å². The molecule has 2 aromatic rings. The van der Waals surface area contributed by atoms with E-state index in [1.54, 1.807) is 14.2 Å². The highest BCUT2D eigenvalue weighted by Gasteiger charge is 2.21. The summed E-state index contributed by atoms with van der Waals surface area (Å²) in [6.07, 6.45) is 5.80. The maximum absolute atomic E-state index is 12.4. The Kier molecular flexibility index (Phi) is 8.35. The lowest BCUT2D eigenvalue weighted by molar-refractivity contribution is -0.124. The number of methoxy groups -OCH3 is 2. The highest BCUT2D eigenvalue weighted by molar-refractivity contribution is 5.78. The summed E-state index contributed by atoms with van der Waals surface area (Å²) in [5, 5.41) is 3.10. The molecule has 0 saturated carbocycles. The van der Waals surface area contributed by atoms with Crippen molar-refractivity contribution in [2.24, 2.45) is 0 Å². The molecule has 0 aliphatic carbocycles. The van der Waals surface area contributed by atoms with Gasteiger partial charge in [-0.05, 0) is 55.2 Å². The Balaban J connectivity index is 1.43. The Hall–Kier alpha value is -2.99. The molecule has 1 N–H and O–H groups in total. The number of amides is 1. The number of nitrogens with one attached hydrogen (secondary N) is 1. The van der Waals surface area contributed by atoms with Gasteiger partial charge in [-0.1, -0.05) is 30.4 Å². The molecule has 6 heteroatoms. The van der Waals surface area contributed by atoms with Crippen molar-refractivity contribution in [3.8, 4) is 17.2 Å². The van der Waals surface area contributed by atoms with E-state index < -0.39 is 0 Å². The highest BCUT2D eigenvalue weighted by Crippen LogP contribution is 2.28. The van der Waals surface area contributed by atoms with Crippen LogP contribution in [0.4, 0.5) is 0 Å². The summed E-state index contributed by atoms with van der Waals surface area (Å²) < 4.78 is 16.4. The van der Waals surface area contributed by atoms with Gasteiger partial charge in [-0.3, -0.25) is 9.69 Å². The molecule has 1 amide bonds. The quantitative estimate of drug-likeness (QED) is 0.662. The summed E-state index contributed by atoms with van der Waals surface area (Å²) >= 11 is 0. The van der Waals surface area contributed by atoms with Crippen molar-refractivity contribution >= 4 is 12.0 Å². The standard InChI is InChI=1S/C25H32N2O4/c1-4-6-19-9-10-23(24(16-19)30-3)31-18-25(28)26-21-11-13-27(14-12-21)17-20-7-5-8-22(15-20)29-2/h4-10,15-16,21H,11-14,17-18H2,1-3H3,(H,26,28)/b6-4+. The lowest BCUT2D eigenvalue weighted by Crippen LogP contribution is -2.45. The number of carbonyl (C=O) groups excluding carboxylic acids is 1. The fourth-order valence-corrected chi connectivity index (χ4v) is 3.78. The van der Waals surface area contributed by atoms with Crippen molar-refractivity contribution < 1.29 is 19.0 Å². The number of benzene rings is 2. The molecule has 1 saturated heterocycles. The summed E-state index contributed by atoms with van der Waals surface area (Å²) in [6, 6.07) is 14.0. The van der Waals surface area contributed by atoms with Crippen LogP contribution < -0.4 is 19.5 Å². The normalized spacial score (nSPS) is 15.1. The Labute approximate surface area is 184 Å². The molecule has 0 spiro atoms. The molecule has 166 valence electrons. The molecular formula is C25H32N2O4. The number of ether oxygens (including phenoxy) is 3. The van der Waals surface area contributed by atoms with Gasteiger partial charge in [0.1, 0.15) is 5.75 Å². The van der Waals surface area contributed by atoms with Crippen LogP contribution in [0, 0.1) is 0 Å². The summed E-state index contributed by atoms with van der Waals surface area (Å²) in [4.78, 5) is 14.8. The van der Waals surface area contributed by atoms with Gasteiger partial charge in [0.25, 0.3) is 5.91 Å². The fourth-order valence-electron chi connectivity index (χ4n) is 3.78. The van der Waals surface area contributed by atoms with E-state index in [1.807, 2.05) is 49.4 Å². The van der Waals surface area contributed by atoms with Crippen molar-refractivity contribution in [3.63, 3.8) is 0 Å². The number of allylic oxidation sites excluding steroid dienone is 1. The second-order valence-electron chi connectivity index (χ2n) is 7.67. The third-order valence-corrected chi connectivity index (χ3v) is 5.40. The van der Waals surface area contributed by atoms with Crippen LogP contribution in [0.3, 0.4) is 0 Å². The number of likely N-dealkylation sites (tertiary alicyclic amines) is 1. The number of hydrogen-bond donors (Lipinski definition) is 1. The molecule has 0 aromatic heterocycles. The van der Waals surface area contributed by atoms with Crippen molar-refractivity contribution in [3.05, 3.63) is 59.7 Å². The smallest absolute Gasteiger partial charge is 0.258 e. The van der Waals surface area contributed by atoms with Crippen molar-refractivity contribution in [2.45, 2.75) is 32.4 Å². The first-order valence-electron chi connectivity index (χ1n) is 10.7. The first kappa shape index (κ1) is 22.7. The van der Waals surface area contributed by atoms with E-state index >= 15 is 0 Å². The maximum Gasteiger partial charge on any atom is 0.258 e. The fraction of sp³-hybridized carbons (Fsp3) is 0.400. The van der Waals surface area contributed by atoms with Crippen molar-refractivity contribution in [1.82, 2.24) is 10.2 Å². The SMILES string of the molecule is C/C=C/c1ccc(OCC(=O)NC2CCN(Cc3cccc(OC)c3)CC2)c(OC)c1. The topological polar surface area (TPSA) is 60.0 Å². The van der Waals surface area contributed by atoms with Gasteiger partial charge in [-0.15, -0.1) is 0 Å². The third kappa shape index (κ3) is 6.76. The molecule has 1 fully saturated rings. The lowest BCUT2D eigenvalue weighted by atomic mass is 10.0. The molecule has 0 radical (unpaired) electrons. The molecular weight excluding hydrogens is 392 g/mol. The third-order valence-electron chi connectivity index (χ3n) is 5.40. The Bertz CT molecular complexity index is 889. The highest BCUT2D eigenvalue weighted by atomic mass is 16.5. The molecule has 0 bridgehead atoms. The zero-order valence-corrected chi connectivity index (χ0v) is 18.6. The van der Waals surface area contributed by atoms with Crippen molar-refractivity contribution in [2.75, 3.05) is 33.9 Å². The Morgan fingerprint density at radius 3 is 2.61 bits per heavy atom.